The number of nitrogens with zero attached hydrogens (tertiary/aromatic N) is 2. The van der Waals surface area contributed by atoms with Gasteiger partial charge in [0.15, 0.2) is 5.78 Å². The maximum Gasteiger partial charge on any atom is 0.264 e. The first-order valence-corrected chi connectivity index (χ1v) is 9.00. The standard InChI is InChI=1S/C23H18N2O2/c1-13-8-10-14(11-9-13)25-17-12-23(2,3)21(26)20-19(17)18(22(25)27)15-6-4-5-7-16(15)24-20/h4-12H,1-3H3. The van der Waals surface area contributed by atoms with Gasteiger partial charge in [-0.2, -0.15) is 0 Å². The predicted octanol–water partition coefficient (Wildman–Crippen LogP) is 4.77. The molecule has 2 heterocycles. The van der Waals surface area contributed by atoms with E-state index in [9.17, 15) is 9.59 Å². The Balaban J connectivity index is 1.88. The van der Waals surface area contributed by atoms with Crippen molar-refractivity contribution in [3.63, 3.8) is 0 Å². The number of Topliss-reactive ketones (excluding diaryl/α,β-unsaturated/α-hetero) is 1. The van der Waals surface area contributed by atoms with Crippen molar-refractivity contribution >= 4 is 34.0 Å². The monoisotopic (exact) mass is 354 g/mol. The van der Waals surface area contributed by atoms with E-state index in [1.807, 2.05) is 75.4 Å². The van der Waals surface area contributed by atoms with Crippen molar-refractivity contribution in [1.29, 1.82) is 0 Å². The molecule has 0 radical (unpaired) electrons. The number of rotatable bonds is 1. The third kappa shape index (κ3) is 2.07. The number of carbonyl (C=O) groups is 2. The van der Waals surface area contributed by atoms with Gasteiger partial charge in [0.05, 0.1) is 16.8 Å². The van der Waals surface area contributed by atoms with Crippen LogP contribution in [0.3, 0.4) is 0 Å². The number of allylic oxidation sites excluding steroid dienone is 1. The van der Waals surface area contributed by atoms with Gasteiger partial charge in [0.2, 0.25) is 0 Å². The van der Waals surface area contributed by atoms with Crippen LogP contribution in [-0.4, -0.2) is 16.7 Å². The number of anilines is 1. The molecule has 0 N–H and O–H groups in total. The third-order valence-corrected chi connectivity index (χ3v) is 5.40. The van der Waals surface area contributed by atoms with E-state index in [2.05, 4.69) is 4.98 Å². The average molecular weight is 354 g/mol. The molecule has 1 aromatic heterocycles. The number of fused-ring (bicyclic) bond motifs is 2. The van der Waals surface area contributed by atoms with Crippen molar-refractivity contribution in [1.82, 2.24) is 4.98 Å². The number of para-hydroxylation sites is 1. The summed E-state index contributed by atoms with van der Waals surface area (Å²) in [5.74, 6) is -0.155. The van der Waals surface area contributed by atoms with Gasteiger partial charge in [-0.1, -0.05) is 35.9 Å². The van der Waals surface area contributed by atoms with E-state index < -0.39 is 5.41 Å². The molecule has 0 fully saturated rings. The highest BCUT2D eigenvalue weighted by Gasteiger charge is 2.45. The van der Waals surface area contributed by atoms with Crippen molar-refractivity contribution in [3.05, 3.63) is 77.0 Å². The second-order valence-corrected chi connectivity index (χ2v) is 7.78. The van der Waals surface area contributed by atoms with Crippen LogP contribution in [0.4, 0.5) is 5.69 Å². The number of ketones is 1. The summed E-state index contributed by atoms with van der Waals surface area (Å²) in [4.78, 5) is 32.9. The summed E-state index contributed by atoms with van der Waals surface area (Å²) in [5.41, 5.74) is 4.29. The fourth-order valence-corrected chi connectivity index (χ4v) is 3.98. The Bertz CT molecular complexity index is 1190. The number of aromatic nitrogens is 1. The highest BCUT2D eigenvalue weighted by Crippen LogP contribution is 2.47. The lowest BCUT2D eigenvalue weighted by molar-refractivity contribution is 0.0877. The van der Waals surface area contributed by atoms with E-state index in [1.54, 1.807) is 4.90 Å². The molecule has 5 rings (SSSR count). The predicted molar refractivity (Wildman–Crippen MR) is 106 cm³/mol. The Hall–Kier alpha value is -3.27. The summed E-state index contributed by atoms with van der Waals surface area (Å²) in [5, 5.41) is 0.786. The molecule has 0 spiro atoms. The van der Waals surface area contributed by atoms with Crippen LogP contribution in [0.2, 0.25) is 0 Å². The third-order valence-electron chi connectivity index (χ3n) is 5.40. The number of benzene rings is 2. The smallest absolute Gasteiger partial charge is 0.264 e. The van der Waals surface area contributed by atoms with Crippen LogP contribution in [0, 0.1) is 12.3 Å². The lowest BCUT2D eigenvalue weighted by atomic mass is 9.78. The molecular weight excluding hydrogens is 336 g/mol. The van der Waals surface area contributed by atoms with Crippen LogP contribution >= 0.6 is 0 Å². The molecule has 4 nitrogen and oxygen atoms in total. The summed E-state index contributed by atoms with van der Waals surface area (Å²) in [7, 11) is 0. The number of aryl methyl sites for hydroxylation is 1. The molecule has 1 aliphatic carbocycles. The quantitative estimate of drug-likeness (QED) is 0.633. The minimum absolute atomic E-state index is 0.0493. The van der Waals surface area contributed by atoms with E-state index in [1.165, 1.54) is 0 Å². The average Bonchev–Trinajstić information content (AvgIpc) is 2.93. The summed E-state index contributed by atoms with van der Waals surface area (Å²) < 4.78 is 0. The molecule has 2 aliphatic rings. The second-order valence-electron chi connectivity index (χ2n) is 7.78. The molecule has 4 heteroatoms. The van der Waals surface area contributed by atoms with Gasteiger partial charge in [-0.25, -0.2) is 4.98 Å². The molecule has 27 heavy (non-hydrogen) atoms. The fraction of sp³-hybridized carbons (Fsp3) is 0.174. The molecule has 1 amide bonds. The highest BCUT2D eigenvalue weighted by molar-refractivity contribution is 6.30. The molecule has 3 aromatic rings. The SMILES string of the molecule is Cc1ccc(N2C(=O)c3c4c(nc5ccccc35)C(=O)C(C)(C)C=C42)cc1. The van der Waals surface area contributed by atoms with Crippen LogP contribution in [-0.2, 0) is 0 Å². The summed E-state index contributed by atoms with van der Waals surface area (Å²) in [6.07, 6.45) is 1.91. The van der Waals surface area contributed by atoms with E-state index >= 15 is 0 Å². The molecule has 0 atom stereocenters. The van der Waals surface area contributed by atoms with Gasteiger partial charge in [-0.3, -0.25) is 14.5 Å². The molecule has 1 aliphatic heterocycles. The Kier molecular flexibility index (Phi) is 3.03. The van der Waals surface area contributed by atoms with Crippen molar-refractivity contribution in [2.75, 3.05) is 4.90 Å². The Labute approximate surface area is 157 Å². The van der Waals surface area contributed by atoms with Crippen molar-refractivity contribution in [2.45, 2.75) is 20.8 Å². The van der Waals surface area contributed by atoms with Crippen LogP contribution < -0.4 is 4.90 Å². The zero-order valence-electron chi connectivity index (χ0n) is 15.4. The largest absolute Gasteiger partial charge is 0.291 e. The van der Waals surface area contributed by atoms with Crippen LogP contribution in [0.5, 0.6) is 0 Å². The Morgan fingerprint density at radius 1 is 0.926 bits per heavy atom. The molecule has 0 saturated carbocycles. The normalized spacial score (nSPS) is 17.3. The van der Waals surface area contributed by atoms with E-state index in [4.69, 9.17) is 0 Å². The van der Waals surface area contributed by atoms with Gasteiger partial charge in [-0.15, -0.1) is 0 Å². The minimum atomic E-state index is -0.720. The first kappa shape index (κ1) is 15.9. The van der Waals surface area contributed by atoms with Gasteiger partial charge in [0.1, 0.15) is 5.69 Å². The van der Waals surface area contributed by atoms with Crippen LogP contribution in [0.15, 0.2) is 54.6 Å². The first-order valence-electron chi connectivity index (χ1n) is 9.00. The van der Waals surface area contributed by atoms with Crippen LogP contribution in [0.1, 0.15) is 45.8 Å². The Morgan fingerprint density at radius 2 is 1.63 bits per heavy atom. The van der Waals surface area contributed by atoms with Gasteiger partial charge in [0, 0.05) is 22.1 Å². The Morgan fingerprint density at radius 3 is 2.37 bits per heavy atom. The maximum absolute atomic E-state index is 13.5. The van der Waals surface area contributed by atoms with Gasteiger partial charge in [0.25, 0.3) is 5.91 Å². The van der Waals surface area contributed by atoms with E-state index in [-0.39, 0.29) is 11.7 Å². The minimum Gasteiger partial charge on any atom is -0.291 e. The zero-order chi connectivity index (χ0) is 18.9. The summed E-state index contributed by atoms with van der Waals surface area (Å²) in [6, 6.07) is 15.4. The van der Waals surface area contributed by atoms with Gasteiger partial charge >= 0.3 is 0 Å². The van der Waals surface area contributed by atoms with Crippen molar-refractivity contribution < 1.29 is 9.59 Å². The fourth-order valence-electron chi connectivity index (χ4n) is 3.98. The van der Waals surface area contributed by atoms with E-state index in [0.717, 1.165) is 22.3 Å². The van der Waals surface area contributed by atoms with Crippen molar-refractivity contribution in [2.24, 2.45) is 5.41 Å². The highest BCUT2D eigenvalue weighted by atomic mass is 16.2. The topological polar surface area (TPSA) is 50.3 Å². The molecule has 2 aromatic carbocycles. The van der Waals surface area contributed by atoms with Gasteiger partial charge < -0.3 is 0 Å². The lowest BCUT2D eigenvalue weighted by Gasteiger charge is -2.28. The number of hydrogen-bond donors (Lipinski definition) is 0. The number of amides is 1. The van der Waals surface area contributed by atoms with Crippen molar-refractivity contribution in [3.8, 4) is 0 Å². The summed E-state index contributed by atoms with van der Waals surface area (Å²) in [6.45, 7) is 5.76. The molecule has 0 saturated heterocycles. The molecule has 132 valence electrons. The maximum atomic E-state index is 13.5. The number of pyridine rings is 1. The number of hydrogen-bond acceptors (Lipinski definition) is 3. The van der Waals surface area contributed by atoms with E-state index in [0.29, 0.717) is 22.3 Å². The molecular formula is C23H18N2O2. The zero-order valence-corrected chi connectivity index (χ0v) is 15.4. The van der Waals surface area contributed by atoms with Crippen LogP contribution in [0.25, 0.3) is 16.6 Å². The lowest BCUT2D eigenvalue weighted by Crippen LogP contribution is -2.30. The summed E-state index contributed by atoms with van der Waals surface area (Å²) >= 11 is 0. The number of carbonyl (C=O) groups excluding carboxylic acids is 2. The molecule has 0 unspecified atom stereocenters. The molecule has 0 bridgehead atoms. The second kappa shape index (κ2) is 5.13. The van der Waals surface area contributed by atoms with Gasteiger partial charge in [-0.05, 0) is 45.0 Å². The first-order chi connectivity index (χ1) is 12.9.